The Balaban J connectivity index is 1.80. The van der Waals surface area contributed by atoms with Gasteiger partial charge in [-0.25, -0.2) is 0 Å². The molecule has 1 aliphatic rings. The number of carbonyl (C=O) groups is 3. The van der Waals surface area contributed by atoms with Crippen LogP contribution in [0, 0.1) is 22.0 Å². The van der Waals surface area contributed by atoms with Crippen LogP contribution in [0.1, 0.15) is 25.3 Å². The standard InChI is InChI=1S/C17H19FN2O6/c1-10(16-13(6-7-18)17(23)19-16)14(21)8-15(22)26-9-11-2-4-12(5-3-11)20(24)25/h2-5,10,13,16H,6-9H2,1H3,(H,19,23)/t10-,13+,16+/m0/s1. The highest BCUT2D eigenvalue weighted by Crippen LogP contribution is 2.26. The Morgan fingerprint density at radius 2 is 2.00 bits per heavy atom. The molecule has 0 saturated carbocycles. The molecule has 9 heteroatoms. The van der Waals surface area contributed by atoms with Crippen molar-refractivity contribution in [3.63, 3.8) is 0 Å². The maximum atomic E-state index is 12.4. The van der Waals surface area contributed by atoms with Gasteiger partial charge < -0.3 is 10.1 Å². The predicted molar refractivity (Wildman–Crippen MR) is 87.7 cm³/mol. The first-order valence-electron chi connectivity index (χ1n) is 8.11. The van der Waals surface area contributed by atoms with Gasteiger partial charge in [-0.05, 0) is 24.1 Å². The van der Waals surface area contributed by atoms with E-state index in [4.69, 9.17) is 4.74 Å². The van der Waals surface area contributed by atoms with E-state index >= 15 is 0 Å². The van der Waals surface area contributed by atoms with E-state index in [1.165, 1.54) is 24.3 Å². The Morgan fingerprint density at radius 1 is 1.35 bits per heavy atom. The Morgan fingerprint density at radius 3 is 2.54 bits per heavy atom. The van der Waals surface area contributed by atoms with Crippen molar-refractivity contribution in [1.29, 1.82) is 0 Å². The number of Topliss-reactive ketones (excluding diaryl/α,β-unsaturated/α-hetero) is 1. The van der Waals surface area contributed by atoms with Crippen LogP contribution in [-0.4, -0.2) is 35.3 Å². The zero-order chi connectivity index (χ0) is 19.3. The third-order valence-electron chi connectivity index (χ3n) is 4.41. The lowest BCUT2D eigenvalue weighted by Gasteiger charge is -2.39. The van der Waals surface area contributed by atoms with Gasteiger partial charge in [0.1, 0.15) is 18.8 Å². The molecule has 1 aromatic rings. The number of amides is 1. The summed E-state index contributed by atoms with van der Waals surface area (Å²) in [5.74, 6) is -2.57. The van der Waals surface area contributed by atoms with Crippen LogP contribution >= 0.6 is 0 Å². The molecule has 0 radical (unpaired) electrons. The number of ether oxygens (including phenoxy) is 1. The third kappa shape index (κ3) is 4.62. The highest BCUT2D eigenvalue weighted by atomic mass is 19.1. The zero-order valence-corrected chi connectivity index (χ0v) is 14.1. The van der Waals surface area contributed by atoms with Gasteiger partial charge in [0.15, 0.2) is 0 Å². The number of β-lactam (4-membered cyclic amide) rings is 1. The number of nitro groups is 1. The molecule has 0 unspecified atom stereocenters. The number of rotatable bonds is 9. The fourth-order valence-corrected chi connectivity index (χ4v) is 2.77. The highest BCUT2D eigenvalue weighted by molar-refractivity contribution is 5.98. The van der Waals surface area contributed by atoms with Gasteiger partial charge in [0.05, 0.1) is 17.5 Å². The molecule has 1 fully saturated rings. The molecular weight excluding hydrogens is 347 g/mol. The molecule has 3 atom stereocenters. The summed E-state index contributed by atoms with van der Waals surface area (Å²) in [6.07, 6.45) is -0.401. The second-order valence-electron chi connectivity index (χ2n) is 6.13. The predicted octanol–water partition coefficient (Wildman–Crippen LogP) is 1.71. The van der Waals surface area contributed by atoms with Crippen molar-refractivity contribution in [1.82, 2.24) is 5.32 Å². The number of hydrogen-bond donors (Lipinski definition) is 1. The van der Waals surface area contributed by atoms with Gasteiger partial charge in [-0.2, -0.15) is 0 Å². The SMILES string of the molecule is C[C@@H](C(=O)CC(=O)OCc1ccc([N+](=O)[O-])cc1)[C@H]1NC(=O)[C@@H]1CCF. The summed E-state index contributed by atoms with van der Waals surface area (Å²) >= 11 is 0. The second-order valence-corrected chi connectivity index (χ2v) is 6.13. The second kappa shape index (κ2) is 8.50. The number of carbonyl (C=O) groups excluding carboxylic acids is 3. The third-order valence-corrected chi connectivity index (χ3v) is 4.41. The van der Waals surface area contributed by atoms with Crippen molar-refractivity contribution in [3.8, 4) is 0 Å². The van der Waals surface area contributed by atoms with Crippen LogP contribution in [0.4, 0.5) is 10.1 Å². The molecular formula is C17H19FN2O6. The van der Waals surface area contributed by atoms with E-state index in [1.807, 2.05) is 0 Å². The molecule has 26 heavy (non-hydrogen) atoms. The number of halogens is 1. The summed E-state index contributed by atoms with van der Waals surface area (Å²) in [7, 11) is 0. The normalized spacial score (nSPS) is 19.8. The number of esters is 1. The van der Waals surface area contributed by atoms with E-state index in [2.05, 4.69) is 5.32 Å². The number of nitrogens with one attached hydrogen (secondary N) is 1. The molecule has 1 amide bonds. The highest BCUT2D eigenvalue weighted by Gasteiger charge is 2.44. The van der Waals surface area contributed by atoms with E-state index in [1.54, 1.807) is 6.92 Å². The number of ketones is 1. The molecule has 140 valence electrons. The molecule has 1 aliphatic heterocycles. The Kier molecular flexibility index (Phi) is 6.37. The molecule has 1 N–H and O–H groups in total. The summed E-state index contributed by atoms with van der Waals surface area (Å²) in [5, 5.41) is 13.1. The van der Waals surface area contributed by atoms with Crippen LogP contribution in [0.25, 0.3) is 0 Å². The largest absolute Gasteiger partial charge is 0.460 e. The summed E-state index contributed by atoms with van der Waals surface area (Å²) in [5.41, 5.74) is 0.480. The van der Waals surface area contributed by atoms with E-state index in [0.29, 0.717) is 5.56 Å². The number of non-ortho nitro benzene ring substituents is 1. The minimum Gasteiger partial charge on any atom is -0.460 e. The number of nitrogens with zero attached hydrogens (tertiary/aromatic N) is 1. The molecule has 0 spiro atoms. The quantitative estimate of drug-likeness (QED) is 0.234. The molecule has 8 nitrogen and oxygen atoms in total. The van der Waals surface area contributed by atoms with Gasteiger partial charge in [-0.15, -0.1) is 0 Å². The summed E-state index contributed by atoms with van der Waals surface area (Å²) < 4.78 is 17.4. The molecule has 1 aromatic carbocycles. The maximum absolute atomic E-state index is 12.4. The van der Waals surface area contributed by atoms with Crippen molar-refractivity contribution in [3.05, 3.63) is 39.9 Å². The van der Waals surface area contributed by atoms with Crippen molar-refractivity contribution in [2.24, 2.45) is 11.8 Å². The summed E-state index contributed by atoms with van der Waals surface area (Å²) in [6.45, 7) is 0.831. The smallest absolute Gasteiger partial charge is 0.313 e. The van der Waals surface area contributed by atoms with Gasteiger partial charge in [0.25, 0.3) is 5.69 Å². The van der Waals surface area contributed by atoms with Gasteiger partial charge in [-0.1, -0.05) is 6.92 Å². The Hall–Kier alpha value is -2.84. The number of nitro benzene ring substituents is 1. The topological polar surface area (TPSA) is 116 Å². The number of hydrogen-bond acceptors (Lipinski definition) is 6. The maximum Gasteiger partial charge on any atom is 0.313 e. The average Bonchev–Trinajstić information content (AvgIpc) is 2.62. The Labute approximate surface area is 148 Å². The van der Waals surface area contributed by atoms with Crippen LogP contribution in [0.5, 0.6) is 0 Å². The fourth-order valence-electron chi connectivity index (χ4n) is 2.77. The van der Waals surface area contributed by atoms with E-state index in [-0.39, 0.29) is 24.6 Å². The van der Waals surface area contributed by atoms with Crippen molar-refractivity contribution >= 4 is 23.3 Å². The minimum absolute atomic E-state index is 0.0543. The first-order chi connectivity index (χ1) is 12.3. The van der Waals surface area contributed by atoms with Gasteiger partial charge in [0.2, 0.25) is 5.91 Å². The van der Waals surface area contributed by atoms with Crippen LogP contribution in [0.3, 0.4) is 0 Å². The molecule has 0 aliphatic carbocycles. The van der Waals surface area contributed by atoms with Crippen molar-refractivity contribution < 1.29 is 28.4 Å². The van der Waals surface area contributed by atoms with Crippen LogP contribution in [-0.2, 0) is 25.7 Å². The van der Waals surface area contributed by atoms with Crippen molar-refractivity contribution in [2.45, 2.75) is 32.4 Å². The molecule has 1 saturated heterocycles. The van der Waals surface area contributed by atoms with Crippen LogP contribution in [0.15, 0.2) is 24.3 Å². The number of alkyl halides is 1. The van der Waals surface area contributed by atoms with E-state index in [0.717, 1.165) is 0 Å². The zero-order valence-electron chi connectivity index (χ0n) is 14.1. The van der Waals surface area contributed by atoms with Crippen molar-refractivity contribution in [2.75, 3.05) is 6.67 Å². The monoisotopic (exact) mass is 366 g/mol. The number of benzene rings is 1. The average molecular weight is 366 g/mol. The Bertz CT molecular complexity index is 706. The van der Waals surface area contributed by atoms with Gasteiger partial charge >= 0.3 is 5.97 Å². The van der Waals surface area contributed by atoms with E-state index in [9.17, 15) is 28.9 Å². The van der Waals surface area contributed by atoms with Crippen LogP contribution < -0.4 is 5.32 Å². The lowest BCUT2D eigenvalue weighted by molar-refractivity contribution is -0.384. The summed E-state index contributed by atoms with van der Waals surface area (Å²) in [6, 6.07) is 5.04. The molecule has 0 aromatic heterocycles. The first-order valence-corrected chi connectivity index (χ1v) is 8.11. The van der Waals surface area contributed by atoms with Gasteiger partial charge in [0, 0.05) is 24.1 Å². The molecule has 0 bridgehead atoms. The molecule has 1 heterocycles. The van der Waals surface area contributed by atoms with E-state index < -0.39 is 47.6 Å². The first kappa shape index (κ1) is 19.5. The minimum atomic E-state index is -0.729. The van der Waals surface area contributed by atoms with Crippen LogP contribution in [0.2, 0.25) is 0 Å². The van der Waals surface area contributed by atoms with Gasteiger partial charge in [-0.3, -0.25) is 28.9 Å². The molecule has 2 rings (SSSR count). The lowest BCUT2D eigenvalue weighted by atomic mass is 9.78. The fraction of sp³-hybridized carbons (Fsp3) is 0.471. The summed E-state index contributed by atoms with van der Waals surface area (Å²) in [4.78, 5) is 45.4. The lowest BCUT2D eigenvalue weighted by Crippen LogP contribution is -2.62.